The molecule has 1 N–H and O–H groups in total. The van der Waals surface area contributed by atoms with Gasteiger partial charge in [0.15, 0.2) is 0 Å². The lowest BCUT2D eigenvalue weighted by atomic mass is 10.2. The number of fused-ring (bicyclic) bond motifs is 1. The molecule has 0 spiro atoms. The summed E-state index contributed by atoms with van der Waals surface area (Å²) < 4.78 is 7.44. The molecule has 0 aliphatic carbocycles. The highest BCUT2D eigenvalue weighted by molar-refractivity contribution is 5.93. The first-order valence-corrected chi connectivity index (χ1v) is 6.89. The zero-order valence-electron chi connectivity index (χ0n) is 12.0. The second kappa shape index (κ2) is 5.44. The molecule has 5 heteroatoms. The Morgan fingerprint density at radius 3 is 3.05 bits per heavy atom. The summed E-state index contributed by atoms with van der Waals surface area (Å²) in [6.07, 6.45) is 5.69. The van der Waals surface area contributed by atoms with Gasteiger partial charge in [0, 0.05) is 35.9 Å². The molecule has 0 saturated carbocycles. The van der Waals surface area contributed by atoms with E-state index in [1.165, 1.54) is 0 Å². The van der Waals surface area contributed by atoms with E-state index >= 15 is 0 Å². The quantitative estimate of drug-likeness (QED) is 0.796. The van der Waals surface area contributed by atoms with E-state index in [9.17, 15) is 4.79 Å². The number of aryl methyl sites for hydroxylation is 1. The molecule has 3 rings (SSSR count). The lowest BCUT2D eigenvalue weighted by molar-refractivity contribution is -0.116. The van der Waals surface area contributed by atoms with Crippen molar-refractivity contribution < 1.29 is 9.21 Å². The number of hydrogen-bond donors (Lipinski definition) is 1. The maximum Gasteiger partial charge on any atom is 0.226 e. The van der Waals surface area contributed by atoms with E-state index in [-0.39, 0.29) is 11.9 Å². The molecular weight excluding hydrogens is 266 g/mol. The van der Waals surface area contributed by atoms with Crippen molar-refractivity contribution in [2.75, 3.05) is 5.32 Å². The molecule has 0 aliphatic heterocycles. The van der Waals surface area contributed by atoms with Gasteiger partial charge in [-0.2, -0.15) is 0 Å². The molecule has 1 atom stereocenters. The predicted molar refractivity (Wildman–Crippen MR) is 81.1 cm³/mol. The van der Waals surface area contributed by atoms with Crippen molar-refractivity contribution in [1.82, 2.24) is 9.55 Å². The molecule has 3 aromatic rings. The van der Waals surface area contributed by atoms with Gasteiger partial charge in [0.25, 0.3) is 0 Å². The molecular formula is C16H17N3O2. The van der Waals surface area contributed by atoms with Crippen LogP contribution in [0.15, 0.2) is 47.4 Å². The zero-order chi connectivity index (χ0) is 14.8. The molecule has 0 saturated heterocycles. The predicted octanol–water partition coefficient (Wildman–Crippen LogP) is 3.53. The second-order valence-electron chi connectivity index (χ2n) is 5.22. The molecule has 2 aromatic heterocycles. The Kier molecular flexibility index (Phi) is 3.48. The molecule has 0 fully saturated rings. The summed E-state index contributed by atoms with van der Waals surface area (Å²) in [5.41, 5.74) is 1.61. The van der Waals surface area contributed by atoms with Gasteiger partial charge in [-0.3, -0.25) is 4.79 Å². The minimum absolute atomic E-state index is 0.0178. The van der Waals surface area contributed by atoms with Crippen LogP contribution in [-0.4, -0.2) is 15.5 Å². The number of rotatable bonds is 4. The summed E-state index contributed by atoms with van der Waals surface area (Å²) in [5.74, 6) is 0.845. The van der Waals surface area contributed by atoms with Crippen molar-refractivity contribution in [2.45, 2.75) is 26.3 Å². The maximum atomic E-state index is 12.1. The van der Waals surface area contributed by atoms with E-state index in [0.717, 1.165) is 22.4 Å². The topological polar surface area (TPSA) is 60.1 Å². The number of carbonyl (C=O) groups is 1. The van der Waals surface area contributed by atoms with Crippen LogP contribution < -0.4 is 5.32 Å². The van der Waals surface area contributed by atoms with E-state index in [4.69, 9.17) is 4.42 Å². The number of hydrogen-bond acceptors (Lipinski definition) is 3. The van der Waals surface area contributed by atoms with Crippen LogP contribution in [0.3, 0.4) is 0 Å². The number of benzene rings is 1. The number of anilines is 1. The summed E-state index contributed by atoms with van der Waals surface area (Å²) >= 11 is 0. The number of imidazole rings is 1. The second-order valence-corrected chi connectivity index (χ2v) is 5.22. The Balaban J connectivity index is 1.68. The fraction of sp³-hybridized carbons (Fsp3) is 0.250. The summed E-state index contributed by atoms with van der Waals surface area (Å²) in [6, 6.07) is 7.68. The smallest absolute Gasteiger partial charge is 0.226 e. The van der Waals surface area contributed by atoms with Gasteiger partial charge in [0.05, 0.1) is 6.33 Å². The Labute approximate surface area is 122 Å². The van der Waals surface area contributed by atoms with E-state index < -0.39 is 0 Å². The molecule has 0 aliphatic rings. The van der Waals surface area contributed by atoms with E-state index in [0.29, 0.717) is 6.42 Å². The van der Waals surface area contributed by atoms with Crippen molar-refractivity contribution in [2.24, 2.45) is 0 Å². The molecule has 0 bridgehead atoms. The lowest BCUT2D eigenvalue weighted by Crippen LogP contribution is -2.16. The molecule has 2 heterocycles. The minimum Gasteiger partial charge on any atom is -0.461 e. The Morgan fingerprint density at radius 1 is 1.43 bits per heavy atom. The number of amides is 1. The van der Waals surface area contributed by atoms with Crippen LogP contribution in [0.25, 0.3) is 11.0 Å². The Bertz CT molecular complexity index is 759. The van der Waals surface area contributed by atoms with Gasteiger partial charge in [-0.25, -0.2) is 4.98 Å². The Hall–Kier alpha value is -2.56. The number of aromatic nitrogens is 2. The number of nitrogens with one attached hydrogen (secondary N) is 1. The van der Waals surface area contributed by atoms with E-state index in [2.05, 4.69) is 10.3 Å². The number of furan rings is 1. The first-order chi connectivity index (χ1) is 10.1. The van der Waals surface area contributed by atoms with E-state index in [1.54, 1.807) is 12.5 Å². The van der Waals surface area contributed by atoms with Crippen LogP contribution in [0.2, 0.25) is 0 Å². The molecule has 108 valence electrons. The van der Waals surface area contributed by atoms with Crippen LogP contribution in [0, 0.1) is 6.92 Å². The van der Waals surface area contributed by atoms with Crippen LogP contribution in [-0.2, 0) is 4.79 Å². The van der Waals surface area contributed by atoms with Crippen LogP contribution in [0.1, 0.15) is 25.1 Å². The van der Waals surface area contributed by atoms with Gasteiger partial charge >= 0.3 is 0 Å². The zero-order valence-corrected chi connectivity index (χ0v) is 12.0. The van der Waals surface area contributed by atoms with Gasteiger partial charge in [0.1, 0.15) is 11.3 Å². The minimum atomic E-state index is -0.0178. The van der Waals surface area contributed by atoms with Crippen molar-refractivity contribution in [3.63, 3.8) is 0 Å². The molecule has 21 heavy (non-hydrogen) atoms. The van der Waals surface area contributed by atoms with Gasteiger partial charge in [-0.1, -0.05) is 0 Å². The van der Waals surface area contributed by atoms with Gasteiger partial charge in [-0.15, -0.1) is 0 Å². The average Bonchev–Trinajstić information content (AvgIpc) is 3.05. The van der Waals surface area contributed by atoms with Crippen molar-refractivity contribution in [1.29, 1.82) is 0 Å². The highest BCUT2D eigenvalue weighted by Gasteiger charge is 2.11. The highest BCUT2D eigenvalue weighted by atomic mass is 16.3. The lowest BCUT2D eigenvalue weighted by Gasteiger charge is -2.12. The third-order valence-electron chi connectivity index (χ3n) is 3.44. The van der Waals surface area contributed by atoms with Crippen LogP contribution in [0.5, 0.6) is 0 Å². The van der Waals surface area contributed by atoms with Crippen molar-refractivity contribution in [3.05, 3.63) is 48.7 Å². The third-order valence-corrected chi connectivity index (χ3v) is 3.44. The standard InChI is InChI=1S/C16H17N3O2/c1-11(19-6-5-17-10-19)7-16(20)18-14-3-4-15-13(9-14)8-12(2)21-15/h3-6,8-11H,7H2,1-2H3,(H,18,20)/t11-/m0/s1. The molecule has 0 unspecified atom stereocenters. The van der Waals surface area contributed by atoms with Gasteiger partial charge in [0.2, 0.25) is 5.91 Å². The van der Waals surface area contributed by atoms with Crippen LogP contribution >= 0.6 is 0 Å². The van der Waals surface area contributed by atoms with Gasteiger partial charge < -0.3 is 14.3 Å². The number of carbonyl (C=O) groups excluding carboxylic acids is 1. The van der Waals surface area contributed by atoms with Gasteiger partial charge in [-0.05, 0) is 38.1 Å². The van der Waals surface area contributed by atoms with Crippen LogP contribution in [0.4, 0.5) is 5.69 Å². The molecule has 0 radical (unpaired) electrons. The monoisotopic (exact) mass is 283 g/mol. The summed E-state index contributed by atoms with van der Waals surface area (Å²) in [6.45, 7) is 3.90. The van der Waals surface area contributed by atoms with Crippen molar-refractivity contribution >= 4 is 22.6 Å². The molecule has 5 nitrogen and oxygen atoms in total. The SMILES string of the molecule is Cc1cc2cc(NC(=O)C[C@H](C)n3ccnc3)ccc2o1. The first-order valence-electron chi connectivity index (χ1n) is 6.89. The maximum absolute atomic E-state index is 12.1. The summed E-state index contributed by atoms with van der Waals surface area (Å²) in [5, 5.41) is 3.92. The molecule has 1 amide bonds. The first kappa shape index (κ1) is 13.4. The summed E-state index contributed by atoms with van der Waals surface area (Å²) in [7, 11) is 0. The fourth-order valence-corrected chi connectivity index (χ4v) is 2.37. The number of nitrogens with zero attached hydrogens (tertiary/aromatic N) is 2. The van der Waals surface area contributed by atoms with Crippen molar-refractivity contribution in [3.8, 4) is 0 Å². The van der Waals surface area contributed by atoms with E-state index in [1.807, 2.05) is 48.9 Å². The normalized spacial score (nSPS) is 12.5. The average molecular weight is 283 g/mol. The Morgan fingerprint density at radius 2 is 2.29 bits per heavy atom. The largest absolute Gasteiger partial charge is 0.461 e. The summed E-state index contributed by atoms with van der Waals surface area (Å²) in [4.78, 5) is 16.1. The third kappa shape index (κ3) is 2.97. The molecule has 1 aromatic carbocycles. The fourth-order valence-electron chi connectivity index (χ4n) is 2.37. The highest BCUT2D eigenvalue weighted by Crippen LogP contribution is 2.23.